The van der Waals surface area contributed by atoms with Crippen LogP contribution in [0.25, 0.3) is 10.8 Å². The summed E-state index contributed by atoms with van der Waals surface area (Å²) in [5.41, 5.74) is 3.70. The zero-order valence-corrected chi connectivity index (χ0v) is 15.7. The Morgan fingerprint density at radius 3 is 2.56 bits per heavy atom. The lowest BCUT2D eigenvalue weighted by molar-refractivity contribution is 0.0952. The molecule has 3 aromatic rings. The van der Waals surface area contributed by atoms with Gasteiger partial charge in [-0.3, -0.25) is 9.69 Å². The average Bonchev–Trinajstić information content (AvgIpc) is 2.73. The highest BCUT2D eigenvalue weighted by atomic mass is 16.1. The van der Waals surface area contributed by atoms with Crippen LogP contribution in [0.15, 0.2) is 66.7 Å². The number of amides is 1. The minimum atomic E-state index is 0.0210. The highest BCUT2D eigenvalue weighted by Gasteiger charge is 2.14. The van der Waals surface area contributed by atoms with Crippen LogP contribution in [-0.2, 0) is 13.0 Å². The summed E-state index contributed by atoms with van der Waals surface area (Å²) in [5.74, 6) is 0.0210. The highest BCUT2D eigenvalue weighted by molar-refractivity contribution is 5.98. The van der Waals surface area contributed by atoms with E-state index in [1.807, 2.05) is 36.4 Å². The number of hydrogen-bond donors (Lipinski definition) is 1. The predicted octanol–water partition coefficient (Wildman–Crippen LogP) is 4.41. The van der Waals surface area contributed by atoms with Gasteiger partial charge in [-0.15, -0.1) is 0 Å². The quantitative estimate of drug-likeness (QED) is 0.662. The molecule has 3 heteroatoms. The Kier molecular flexibility index (Phi) is 5.50. The molecule has 1 aliphatic heterocycles. The number of nitrogens with zero attached hydrogens (tertiary/aromatic N) is 1. The molecule has 0 aromatic heterocycles. The van der Waals surface area contributed by atoms with Gasteiger partial charge in [-0.05, 0) is 59.8 Å². The summed E-state index contributed by atoms with van der Waals surface area (Å²) < 4.78 is 0. The molecule has 1 amide bonds. The van der Waals surface area contributed by atoms with Crippen LogP contribution in [0.5, 0.6) is 0 Å². The van der Waals surface area contributed by atoms with Crippen molar-refractivity contribution in [2.45, 2.75) is 25.8 Å². The van der Waals surface area contributed by atoms with Crippen LogP contribution < -0.4 is 5.32 Å². The monoisotopic (exact) mass is 358 g/mol. The first kappa shape index (κ1) is 17.7. The molecule has 138 valence electrons. The lowest BCUT2D eigenvalue weighted by Gasteiger charge is -2.28. The number of nitrogens with one attached hydrogen (secondary N) is 1. The maximum atomic E-state index is 12.4. The van der Waals surface area contributed by atoms with E-state index in [0.717, 1.165) is 61.8 Å². The number of carbonyl (C=O) groups is 1. The van der Waals surface area contributed by atoms with Gasteiger partial charge < -0.3 is 5.32 Å². The van der Waals surface area contributed by atoms with E-state index >= 15 is 0 Å². The van der Waals surface area contributed by atoms with Crippen LogP contribution in [0, 0.1) is 0 Å². The Balaban J connectivity index is 1.20. The Labute approximate surface area is 161 Å². The van der Waals surface area contributed by atoms with Gasteiger partial charge in [0.05, 0.1) is 0 Å². The van der Waals surface area contributed by atoms with Crippen LogP contribution in [0.1, 0.15) is 34.3 Å². The largest absolute Gasteiger partial charge is 0.352 e. The number of benzene rings is 3. The maximum absolute atomic E-state index is 12.4. The lowest BCUT2D eigenvalue weighted by Crippen LogP contribution is -2.32. The van der Waals surface area contributed by atoms with Crippen molar-refractivity contribution in [3.05, 3.63) is 83.4 Å². The van der Waals surface area contributed by atoms with Crippen molar-refractivity contribution in [2.24, 2.45) is 0 Å². The predicted molar refractivity (Wildman–Crippen MR) is 111 cm³/mol. The van der Waals surface area contributed by atoms with Gasteiger partial charge >= 0.3 is 0 Å². The molecule has 0 bridgehead atoms. The summed E-state index contributed by atoms with van der Waals surface area (Å²) >= 11 is 0. The Bertz CT molecular complexity index is 934. The van der Waals surface area contributed by atoms with Crippen molar-refractivity contribution in [3.8, 4) is 0 Å². The molecule has 0 saturated heterocycles. The van der Waals surface area contributed by atoms with Gasteiger partial charge in [0.2, 0.25) is 0 Å². The van der Waals surface area contributed by atoms with Crippen LogP contribution >= 0.6 is 0 Å². The minimum absolute atomic E-state index is 0.0210. The van der Waals surface area contributed by atoms with Gasteiger partial charge in [0.15, 0.2) is 0 Å². The zero-order chi connectivity index (χ0) is 18.5. The van der Waals surface area contributed by atoms with E-state index in [1.54, 1.807) is 0 Å². The molecule has 3 nitrogen and oxygen atoms in total. The SMILES string of the molecule is O=C(NCCCCN1CCc2ccccc2C1)c1ccc2ccccc2c1. The standard InChI is InChI=1S/C24H26N2O/c27-24(22-12-11-19-7-1-3-9-21(19)17-22)25-14-5-6-15-26-16-13-20-8-2-4-10-23(20)18-26/h1-4,7-12,17H,5-6,13-16,18H2,(H,25,27). The van der Waals surface area contributed by atoms with Gasteiger partial charge in [-0.25, -0.2) is 0 Å². The van der Waals surface area contributed by atoms with Crippen LogP contribution in [0.3, 0.4) is 0 Å². The first-order valence-corrected chi connectivity index (χ1v) is 9.86. The summed E-state index contributed by atoms with van der Waals surface area (Å²) in [6.45, 7) is 4.02. The molecule has 0 radical (unpaired) electrons. The third-order valence-electron chi connectivity index (χ3n) is 5.41. The smallest absolute Gasteiger partial charge is 0.251 e. The lowest BCUT2D eigenvalue weighted by atomic mass is 10.00. The second-order valence-electron chi connectivity index (χ2n) is 7.32. The van der Waals surface area contributed by atoms with Crippen molar-refractivity contribution in [1.29, 1.82) is 0 Å². The summed E-state index contributed by atoms with van der Waals surface area (Å²) in [6, 6.07) is 22.8. The van der Waals surface area contributed by atoms with Crippen LogP contribution in [-0.4, -0.2) is 30.4 Å². The van der Waals surface area contributed by atoms with Gasteiger partial charge in [-0.2, -0.15) is 0 Å². The second kappa shape index (κ2) is 8.36. The minimum Gasteiger partial charge on any atom is -0.352 e. The molecule has 0 fully saturated rings. The van der Waals surface area contributed by atoms with Crippen molar-refractivity contribution < 1.29 is 4.79 Å². The first-order valence-electron chi connectivity index (χ1n) is 9.86. The fraction of sp³-hybridized carbons (Fsp3) is 0.292. The fourth-order valence-electron chi connectivity index (χ4n) is 3.84. The number of carbonyl (C=O) groups excluding carboxylic acids is 1. The number of unbranched alkanes of at least 4 members (excludes halogenated alkanes) is 1. The van der Waals surface area contributed by atoms with Gasteiger partial charge in [0.1, 0.15) is 0 Å². The molecule has 4 rings (SSSR count). The zero-order valence-electron chi connectivity index (χ0n) is 15.7. The van der Waals surface area contributed by atoms with Crippen molar-refractivity contribution in [2.75, 3.05) is 19.6 Å². The van der Waals surface area contributed by atoms with E-state index in [2.05, 4.69) is 40.5 Å². The highest BCUT2D eigenvalue weighted by Crippen LogP contribution is 2.18. The van der Waals surface area contributed by atoms with E-state index in [0.29, 0.717) is 0 Å². The molecule has 0 saturated carbocycles. The summed E-state index contributed by atoms with van der Waals surface area (Å²) in [5, 5.41) is 5.33. The molecule has 1 N–H and O–H groups in total. The van der Waals surface area contributed by atoms with E-state index < -0.39 is 0 Å². The molecule has 0 atom stereocenters. The van der Waals surface area contributed by atoms with E-state index in [4.69, 9.17) is 0 Å². The summed E-state index contributed by atoms with van der Waals surface area (Å²) in [6.07, 6.45) is 3.27. The van der Waals surface area contributed by atoms with Gasteiger partial charge in [-0.1, -0.05) is 54.6 Å². The molecule has 1 aliphatic rings. The Morgan fingerprint density at radius 2 is 1.67 bits per heavy atom. The average molecular weight is 358 g/mol. The Hall–Kier alpha value is -2.65. The van der Waals surface area contributed by atoms with Crippen LogP contribution in [0.2, 0.25) is 0 Å². The normalized spacial score (nSPS) is 14.1. The van der Waals surface area contributed by atoms with Crippen molar-refractivity contribution in [3.63, 3.8) is 0 Å². The molecule has 1 heterocycles. The Morgan fingerprint density at radius 1 is 0.889 bits per heavy atom. The molecular weight excluding hydrogens is 332 g/mol. The first-order chi connectivity index (χ1) is 13.3. The third kappa shape index (κ3) is 4.37. The summed E-state index contributed by atoms with van der Waals surface area (Å²) in [4.78, 5) is 14.9. The van der Waals surface area contributed by atoms with E-state index in [1.165, 1.54) is 11.1 Å². The third-order valence-corrected chi connectivity index (χ3v) is 5.41. The van der Waals surface area contributed by atoms with Gasteiger partial charge in [0, 0.05) is 25.2 Å². The van der Waals surface area contributed by atoms with Gasteiger partial charge in [0.25, 0.3) is 5.91 Å². The number of rotatable bonds is 6. The maximum Gasteiger partial charge on any atom is 0.251 e. The van der Waals surface area contributed by atoms with E-state index in [-0.39, 0.29) is 5.91 Å². The topological polar surface area (TPSA) is 32.3 Å². The molecular formula is C24H26N2O. The molecule has 3 aromatic carbocycles. The number of fused-ring (bicyclic) bond motifs is 2. The molecule has 0 unspecified atom stereocenters. The molecule has 27 heavy (non-hydrogen) atoms. The van der Waals surface area contributed by atoms with Crippen molar-refractivity contribution >= 4 is 16.7 Å². The number of hydrogen-bond acceptors (Lipinski definition) is 2. The fourth-order valence-corrected chi connectivity index (χ4v) is 3.84. The molecule has 0 aliphatic carbocycles. The second-order valence-corrected chi connectivity index (χ2v) is 7.32. The van der Waals surface area contributed by atoms with E-state index in [9.17, 15) is 4.79 Å². The van der Waals surface area contributed by atoms with Crippen LogP contribution in [0.4, 0.5) is 0 Å². The summed E-state index contributed by atoms with van der Waals surface area (Å²) in [7, 11) is 0. The molecule has 0 spiro atoms. The van der Waals surface area contributed by atoms with Crippen molar-refractivity contribution in [1.82, 2.24) is 10.2 Å².